The molecule has 122 valence electrons. The first kappa shape index (κ1) is 17.2. The molecule has 0 fully saturated rings. The van der Waals surface area contributed by atoms with Crippen molar-refractivity contribution in [1.82, 2.24) is 5.32 Å². The first-order valence-electron chi connectivity index (χ1n) is 8.06. The lowest BCUT2D eigenvalue weighted by molar-refractivity contribution is -0.120. The summed E-state index contributed by atoms with van der Waals surface area (Å²) in [4.78, 5) is 12.2. The van der Waals surface area contributed by atoms with Gasteiger partial charge in [0.25, 0.3) is 0 Å². The van der Waals surface area contributed by atoms with Crippen molar-refractivity contribution in [3.63, 3.8) is 0 Å². The van der Waals surface area contributed by atoms with E-state index in [1.165, 1.54) is 0 Å². The molecule has 0 saturated heterocycles. The van der Waals surface area contributed by atoms with Crippen molar-refractivity contribution in [2.45, 2.75) is 46.4 Å². The first-order chi connectivity index (χ1) is 11.1. The lowest BCUT2D eigenvalue weighted by atomic mass is 10.1. The summed E-state index contributed by atoms with van der Waals surface area (Å²) < 4.78 is 5.67. The Morgan fingerprint density at radius 1 is 1.00 bits per heavy atom. The Hall–Kier alpha value is -2.13. The number of ether oxygens (including phenoxy) is 1. The Morgan fingerprint density at radius 2 is 1.61 bits per heavy atom. The van der Waals surface area contributed by atoms with Crippen LogP contribution in [0.2, 0.25) is 0 Å². The van der Waals surface area contributed by atoms with E-state index in [1.54, 1.807) is 0 Å². The van der Waals surface area contributed by atoms with Gasteiger partial charge in [-0.15, -0.1) is 0 Å². The fourth-order valence-electron chi connectivity index (χ4n) is 2.36. The van der Waals surface area contributed by atoms with E-state index in [0.717, 1.165) is 22.3 Å². The third-order valence-electron chi connectivity index (χ3n) is 3.78. The molecule has 0 unspecified atom stereocenters. The summed E-state index contributed by atoms with van der Waals surface area (Å²) in [5.41, 5.74) is 4.44. The zero-order valence-electron chi connectivity index (χ0n) is 14.1. The zero-order valence-corrected chi connectivity index (χ0v) is 14.1. The van der Waals surface area contributed by atoms with E-state index < -0.39 is 0 Å². The molecule has 23 heavy (non-hydrogen) atoms. The van der Waals surface area contributed by atoms with Crippen molar-refractivity contribution in [3.8, 4) is 0 Å². The third kappa shape index (κ3) is 5.53. The Balaban J connectivity index is 1.93. The molecule has 3 nitrogen and oxygen atoms in total. The third-order valence-corrected chi connectivity index (χ3v) is 3.78. The number of hydrogen-bond donors (Lipinski definition) is 1. The number of nitrogens with one attached hydrogen (secondary N) is 1. The summed E-state index contributed by atoms with van der Waals surface area (Å²) in [5, 5.41) is 3.01. The molecule has 0 aliphatic rings. The van der Waals surface area contributed by atoms with Crippen molar-refractivity contribution < 1.29 is 9.53 Å². The molecule has 2 aromatic carbocycles. The first-order valence-corrected chi connectivity index (χ1v) is 8.06. The quantitative estimate of drug-likeness (QED) is 0.845. The second kappa shape index (κ2) is 8.49. The van der Waals surface area contributed by atoms with Gasteiger partial charge >= 0.3 is 0 Å². The van der Waals surface area contributed by atoms with Gasteiger partial charge in [0.05, 0.1) is 19.1 Å². The van der Waals surface area contributed by atoms with E-state index in [1.807, 2.05) is 69.3 Å². The van der Waals surface area contributed by atoms with Gasteiger partial charge < -0.3 is 10.1 Å². The van der Waals surface area contributed by atoms with Crippen molar-refractivity contribution >= 4 is 5.91 Å². The molecule has 0 aliphatic heterocycles. The molecule has 0 spiro atoms. The average molecular weight is 311 g/mol. The standard InChI is InChI=1S/C20H25NO2/c1-15(2)23-14-19-11-7-6-10-18(19)13-21-20(22)12-17-9-5-4-8-16(17)3/h4-11,15H,12-14H2,1-3H3,(H,21,22). The van der Waals surface area contributed by atoms with Crippen LogP contribution in [-0.4, -0.2) is 12.0 Å². The molecule has 0 radical (unpaired) electrons. The van der Waals surface area contributed by atoms with Crippen LogP contribution >= 0.6 is 0 Å². The number of aryl methyl sites for hydroxylation is 1. The summed E-state index contributed by atoms with van der Waals surface area (Å²) >= 11 is 0. The summed E-state index contributed by atoms with van der Waals surface area (Å²) in [5.74, 6) is 0.0406. The lowest BCUT2D eigenvalue weighted by Crippen LogP contribution is -2.25. The fraction of sp³-hybridized carbons (Fsp3) is 0.350. The van der Waals surface area contributed by atoms with Gasteiger partial charge in [-0.2, -0.15) is 0 Å². The molecule has 2 aromatic rings. The Bertz CT molecular complexity index is 650. The molecule has 0 saturated carbocycles. The number of carbonyl (C=O) groups excluding carboxylic acids is 1. The fourth-order valence-corrected chi connectivity index (χ4v) is 2.36. The minimum absolute atomic E-state index is 0.0406. The van der Waals surface area contributed by atoms with E-state index in [9.17, 15) is 4.79 Å². The van der Waals surface area contributed by atoms with E-state index in [2.05, 4.69) is 5.32 Å². The molecule has 0 heterocycles. The Labute approximate surface area is 138 Å². The summed E-state index contributed by atoms with van der Waals surface area (Å²) in [6.45, 7) is 7.17. The van der Waals surface area contributed by atoms with Crippen LogP contribution in [0.15, 0.2) is 48.5 Å². The highest BCUT2D eigenvalue weighted by Gasteiger charge is 2.08. The van der Waals surface area contributed by atoms with Crippen LogP contribution in [0.3, 0.4) is 0 Å². The van der Waals surface area contributed by atoms with Crippen molar-refractivity contribution in [3.05, 3.63) is 70.8 Å². The SMILES string of the molecule is Cc1ccccc1CC(=O)NCc1ccccc1COC(C)C. The largest absolute Gasteiger partial charge is 0.374 e. The van der Waals surface area contributed by atoms with Crippen LogP contribution in [0, 0.1) is 6.92 Å². The molecular formula is C20H25NO2. The van der Waals surface area contributed by atoms with Crippen LogP contribution < -0.4 is 5.32 Å². The van der Waals surface area contributed by atoms with Gasteiger partial charge in [-0.1, -0.05) is 48.5 Å². The maximum Gasteiger partial charge on any atom is 0.224 e. The summed E-state index contributed by atoms with van der Waals surface area (Å²) in [6.07, 6.45) is 0.607. The van der Waals surface area contributed by atoms with Gasteiger partial charge in [0, 0.05) is 6.54 Å². The van der Waals surface area contributed by atoms with Gasteiger partial charge in [0.2, 0.25) is 5.91 Å². The van der Waals surface area contributed by atoms with Gasteiger partial charge in [0.15, 0.2) is 0 Å². The second-order valence-corrected chi connectivity index (χ2v) is 6.01. The zero-order chi connectivity index (χ0) is 16.7. The van der Waals surface area contributed by atoms with Crippen molar-refractivity contribution in [1.29, 1.82) is 0 Å². The number of benzene rings is 2. The molecule has 0 aromatic heterocycles. The molecule has 2 rings (SSSR count). The number of hydrogen-bond acceptors (Lipinski definition) is 2. The van der Waals surface area contributed by atoms with E-state index >= 15 is 0 Å². The second-order valence-electron chi connectivity index (χ2n) is 6.01. The van der Waals surface area contributed by atoms with Crippen LogP contribution in [0.25, 0.3) is 0 Å². The summed E-state index contributed by atoms with van der Waals surface area (Å²) in [6, 6.07) is 16.0. The minimum Gasteiger partial charge on any atom is -0.374 e. The van der Waals surface area contributed by atoms with Crippen LogP contribution in [0.5, 0.6) is 0 Å². The number of amides is 1. The smallest absolute Gasteiger partial charge is 0.224 e. The monoisotopic (exact) mass is 311 g/mol. The molecule has 1 N–H and O–H groups in total. The van der Waals surface area contributed by atoms with Crippen LogP contribution in [0.4, 0.5) is 0 Å². The minimum atomic E-state index is 0.0406. The predicted octanol–water partition coefficient (Wildman–Crippen LogP) is 3.78. The van der Waals surface area contributed by atoms with E-state index in [-0.39, 0.29) is 12.0 Å². The highest BCUT2D eigenvalue weighted by molar-refractivity contribution is 5.78. The number of rotatable bonds is 7. The maximum absolute atomic E-state index is 12.2. The molecular weight excluding hydrogens is 286 g/mol. The molecule has 3 heteroatoms. The van der Waals surface area contributed by atoms with E-state index in [4.69, 9.17) is 4.74 Å². The molecule has 0 aliphatic carbocycles. The highest BCUT2D eigenvalue weighted by Crippen LogP contribution is 2.12. The normalized spacial score (nSPS) is 10.8. The van der Waals surface area contributed by atoms with Gasteiger partial charge in [-0.25, -0.2) is 0 Å². The molecule has 1 amide bonds. The average Bonchev–Trinajstić information content (AvgIpc) is 2.54. The predicted molar refractivity (Wildman–Crippen MR) is 93.1 cm³/mol. The van der Waals surface area contributed by atoms with E-state index in [0.29, 0.717) is 19.6 Å². The molecule has 0 atom stereocenters. The summed E-state index contributed by atoms with van der Waals surface area (Å²) in [7, 11) is 0. The van der Waals surface area contributed by atoms with Crippen LogP contribution in [-0.2, 0) is 29.1 Å². The molecule has 0 bridgehead atoms. The lowest BCUT2D eigenvalue weighted by Gasteiger charge is -2.13. The Kier molecular flexibility index (Phi) is 6.36. The number of carbonyl (C=O) groups is 1. The topological polar surface area (TPSA) is 38.3 Å². The Morgan fingerprint density at radius 3 is 2.26 bits per heavy atom. The van der Waals surface area contributed by atoms with Crippen LogP contribution in [0.1, 0.15) is 36.1 Å². The van der Waals surface area contributed by atoms with Gasteiger partial charge in [-0.05, 0) is 43.0 Å². The highest BCUT2D eigenvalue weighted by atomic mass is 16.5. The van der Waals surface area contributed by atoms with Crippen molar-refractivity contribution in [2.24, 2.45) is 0 Å². The van der Waals surface area contributed by atoms with Gasteiger partial charge in [-0.3, -0.25) is 4.79 Å². The van der Waals surface area contributed by atoms with Crippen molar-refractivity contribution in [2.75, 3.05) is 0 Å². The van der Waals surface area contributed by atoms with Gasteiger partial charge in [0.1, 0.15) is 0 Å². The maximum atomic E-state index is 12.2.